The number of esters is 1. The van der Waals surface area contributed by atoms with Gasteiger partial charge in [0, 0.05) is 6.04 Å². The first-order valence-corrected chi connectivity index (χ1v) is 11.2. The molecule has 0 atom stereocenters. The fraction of sp³-hybridized carbons (Fsp3) is 0.320. The van der Waals surface area contributed by atoms with Gasteiger partial charge < -0.3 is 10.1 Å². The van der Waals surface area contributed by atoms with E-state index in [0.29, 0.717) is 16.7 Å². The predicted octanol–water partition coefficient (Wildman–Crippen LogP) is 2.80. The van der Waals surface area contributed by atoms with E-state index in [-0.39, 0.29) is 18.2 Å². The minimum absolute atomic E-state index is 0.00467. The molecule has 176 valence electrons. The number of imide groups is 2. The van der Waals surface area contributed by atoms with Crippen LogP contribution in [0.4, 0.5) is 4.79 Å². The Balaban J connectivity index is 1.29. The molecule has 2 N–H and O–H groups in total. The van der Waals surface area contributed by atoms with E-state index in [9.17, 15) is 24.0 Å². The van der Waals surface area contributed by atoms with Crippen LogP contribution in [0.1, 0.15) is 68.7 Å². The van der Waals surface area contributed by atoms with Gasteiger partial charge in [-0.3, -0.25) is 24.6 Å². The average Bonchev–Trinajstić information content (AvgIpc) is 3.08. The normalized spacial score (nSPS) is 15.6. The smallest absolute Gasteiger partial charge is 0.338 e. The Bertz CT molecular complexity index is 1100. The van der Waals surface area contributed by atoms with Crippen molar-refractivity contribution < 1.29 is 28.7 Å². The van der Waals surface area contributed by atoms with Gasteiger partial charge in [-0.2, -0.15) is 0 Å². The Labute approximate surface area is 196 Å². The maximum absolute atomic E-state index is 12.6. The van der Waals surface area contributed by atoms with Gasteiger partial charge in [-0.15, -0.1) is 0 Å². The van der Waals surface area contributed by atoms with Gasteiger partial charge in [-0.05, 0) is 42.7 Å². The van der Waals surface area contributed by atoms with Gasteiger partial charge in [-0.25, -0.2) is 9.59 Å². The highest BCUT2D eigenvalue weighted by Crippen LogP contribution is 2.24. The molecule has 1 saturated carbocycles. The minimum atomic E-state index is -0.757. The van der Waals surface area contributed by atoms with Crippen molar-refractivity contribution in [1.82, 2.24) is 15.5 Å². The van der Waals surface area contributed by atoms with Crippen molar-refractivity contribution in [3.05, 3.63) is 70.8 Å². The number of fused-ring (bicyclic) bond motifs is 1. The van der Waals surface area contributed by atoms with Crippen molar-refractivity contribution in [1.29, 1.82) is 0 Å². The third-order valence-electron chi connectivity index (χ3n) is 5.91. The monoisotopic (exact) mass is 463 g/mol. The van der Waals surface area contributed by atoms with Crippen LogP contribution < -0.4 is 10.6 Å². The molecule has 9 nitrogen and oxygen atoms in total. The van der Waals surface area contributed by atoms with E-state index in [1.54, 1.807) is 36.4 Å². The maximum atomic E-state index is 12.6. The first-order valence-electron chi connectivity index (χ1n) is 11.2. The number of nitrogens with zero attached hydrogens (tertiary/aromatic N) is 1. The quantitative estimate of drug-likeness (QED) is 0.502. The lowest BCUT2D eigenvalue weighted by molar-refractivity contribution is -0.123. The van der Waals surface area contributed by atoms with Crippen LogP contribution in [0.5, 0.6) is 0 Å². The summed E-state index contributed by atoms with van der Waals surface area (Å²) in [7, 11) is 0. The number of nitrogens with one attached hydrogen (secondary N) is 2. The Morgan fingerprint density at radius 1 is 0.912 bits per heavy atom. The molecule has 34 heavy (non-hydrogen) atoms. The maximum Gasteiger partial charge on any atom is 0.338 e. The molecule has 0 aromatic heterocycles. The molecule has 2 aromatic carbocycles. The van der Waals surface area contributed by atoms with Gasteiger partial charge in [0.25, 0.3) is 17.7 Å². The average molecular weight is 463 g/mol. The first-order chi connectivity index (χ1) is 16.4. The number of benzene rings is 2. The van der Waals surface area contributed by atoms with Gasteiger partial charge in [0.05, 0.1) is 23.2 Å². The van der Waals surface area contributed by atoms with E-state index in [1.165, 1.54) is 12.1 Å². The molecule has 1 heterocycles. The van der Waals surface area contributed by atoms with Crippen LogP contribution in [0.3, 0.4) is 0 Å². The lowest BCUT2D eigenvalue weighted by Crippen LogP contribution is -2.46. The van der Waals surface area contributed by atoms with Crippen LogP contribution in [0.25, 0.3) is 0 Å². The summed E-state index contributed by atoms with van der Waals surface area (Å²) in [4.78, 5) is 62.5. The predicted molar refractivity (Wildman–Crippen MR) is 121 cm³/mol. The molecule has 5 amide bonds. The molecule has 2 aliphatic rings. The minimum Gasteiger partial charge on any atom is -0.452 e. The lowest BCUT2D eigenvalue weighted by atomic mass is 9.96. The molecular formula is C25H25N3O6. The number of rotatable bonds is 6. The fourth-order valence-electron chi connectivity index (χ4n) is 4.21. The second-order valence-corrected chi connectivity index (χ2v) is 8.38. The van der Waals surface area contributed by atoms with Crippen molar-refractivity contribution in [2.75, 3.05) is 6.61 Å². The standard InChI is InChI=1S/C25H25N3O6/c29-21(27-25(33)26-18-9-2-1-3-10-18)15-34-24(32)17-8-6-7-16(13-17)14-28-22(30)19-11-4-5-12-20(19)23(28)31/h4-8,11-13,18H,1-3,9-10,14-15H2,(H2,26,27,29,33). The Morgan fingerprint density at radius 2 is 1.59 bits per heavy atom. The summed E-state index contributed by atoms with van der Waals surface area (Å²) in [6.45, 7) is -0.616. The second-order valence-electron chi connectivity index (χ2n) is 8.38. The van der Waals surface area contributed by atoms with Gasteiger partial charge >= 0.3 is 12.0 Å². The molecule has 0 bridgehead atoms. The summed E-state index contributed by atoms with van der Waals surface area (Å²) in [6, 6.07) is 12.3. The topological polar surface area (TPSA) is 122 Å². The van der Waals surface area contributed by atoms with Gasteiger partial charge in [0.15, 0.2) is 6.61 Å². The van der Waals surface area contributed by atoms with E-state index < -0.39 is 36.3 Å². The molecule has 2 aromatic rings. The summed E-state index contributed by atoms with van der Waals surface area (Å²) in [6.07, 6.45) is 5.00. The molecular weight excluding hydrogens is 438 g/mol. The highest BCUT2D eigenvalue weighted by molar-refractivity contribution is 6.21. The highest BCUT2D eigenvalue weighted by atomic mass is 16.5. The zero-order valence-corrected chi connectivity index (χ0v) is 18.5. The van der Waals surface area contributed by atoms with Crippen molar-refractivity contribution >= 4 is 29.7 Å². The number of amides is 5. The van der Waals surface area contributed by atoms with Crippen molar-refractivity contribution in [2.45, 2.75) is 44.7 Å². The summed E-state index contributed by atoms with van der Waals surface area (Å²) < 4.78 is 5.02. The molecule has 1 fully saturated rings. The first kappa shape index (κ1) is 23.2. The van der Waals surface area contributed by atoms with Crippen LogP contribution in [-0.4, -0.2) is 47.3 Å². The molecule has 0 unspecified atom stereocenters. The summed E-state index contributed by atoms with van der Waals surface area (Å²) in [5.41, 5.74) is 1.41. The second kappa shape index (κ2) is 10.3. The van der Waals surface area contributed by atoms with E-state index in [4.69, 9.17) is 4.74 Å². The Kier molecular flexibility index (Phi) is 7.01. The molecule has 4 rings (SSSR count). The third-order valence-corrected chi connectivity index (χ3v) is 5.91. The van der Waals surface area contributed by atoms with Crippen LogP contribution in [0.2, 0.25) is 0 Å². The van der Waals surface area contributed by atoms with E-state index in [1.807, 2.05) is 0 Å². The number of urea groups is 1. The van der Waals surface area contributed by atoms with Crippen molar-refractivity contribution in [2.24, 2.45) is 0 Å². The summed E-state index contributed by atoms with van der Waals surface area (Å²) >= 11 is 0. The van der Waals surface area contributed by atoms with Crippen LogP contribution in [-0.2, 0) is 16.1 Å². The van der Waals surface area contributed by atoms with Crippen LogP contribution >= 0.6 is 0 Å². The number of carbonyl (C=O) groups excluding carboxylic acids is 5. The van der Waals surface area contributed by atoms with Crippen molar-refractivity contribution in [3.8, 4) is 0 Å². The molecule has 1 aliphatic heterocycles. The molecule has 0 spiro atoms. The zero-order valence-electron chi connectivity index (χ0n) is 18.5. The molecule has 0 saturated heterocycles. The third kappa shape index (κ3) is 5.31. The van der Waals surface area contributed by atoms with Crippen LogP contribution in [0.15, 0.2) is 48.5 Å². The van der Waals surface area contributed by atoms with Gasteiger partial charge in [-0.1, -0.05) is 43.5 Å². The zero-order chi connectivity index (χ0) is 24.1. The van der Waals surface area contributed by atoms with Crippen LogP contribution in [0, 0.1) is 0 Å². The van der Waals surface area contributed by atoms with E-state index in [2.05, 4.69) is 10.6 Å². The summed E-state index contributed by atoms with van der Waals surface area (Å²) in [5.74, 6) is -2.27. The van der Waals surface area contributed by atoms with E-state index in [0.717, 1.165) is 37.0 Å². The molecule has 1 aliphatic carbocycles. The number of carbonyl (C=O) groups is 5. The Morgan fingerprint density at radius 3 is 2.26 bits per heavy atom. The van der Waals surface area contributed by atoms with Gasteiger partial charge in [0.1, 0.15) is 0 Å². The highest BCUT2D eigenvalue weighted by Gasteiger charge is 2.35. The lowest BCUT2D eigenvalue weighted by Gasteiger charge is -2.22. The van der Waals surface area contributed by atoms with E-state index >= 15 is 0 Å². The number of ether oxygens (including phenoxy) is 1. The largest absolute Gasteiger partial charge is 0.452 e. The van der Waals surface area contributed by atoms with Crippen molar-refractivity contribution in [3.63, 3.8) is 0 Å². The SMILES string of the molecule is O=C(COC(=O)c1cccc(CN2C(=O)c3ccccc3C2=O)c1)NC(=O)NC1CCCCC1. The molecule has 0 radical (unpaired) electrons. The van der Waals surface area contributed by atoms with Gasteiger partial charge in [0.2, 0.25) is 0 Å². The molecule has 9 heteroatoms. The summed E-state index contributed by atoms with van der Waals surface area (Å²) in [5, 5.41) is 4.92. The fourth-order valence-corrected chi connectivity index (χ4v) is 4.21. The number of hydrogen-bond donors (Lipinski definition) is 2. The number of hydrogen-bond acceptors (Lipinski definition) is 6. The Hall–Kier alpha value is -4.01.